The summed E-state index contributed by atoms with van der Waals surface area (Å²) in [6.07, 6.45) is 4.84. The number of nitrogens with zero attached hydrogens (tertiary/aromatic N) is 2. The van der Waals surface area contributed by atoms with Crippen molar-refractivity contribution < 1.29 is 0 Å². The van der Waals surface area contributed by atoms with E-state index < -0.39 is 0 Å². The van der Waals surface area contributed by atoms with E-state index in [1.165, 1.54) is 25.0 Å². The maximum Gasteiger partial charge on any atom is 0.0739 e. The lowest BCUT2D eigenvalue weighted by atomic mass is 10.2. The third kappa shape index (κ3) is 4.90. The number of hydrogen-bond donors (Lipinski definition) is 1. The van der Waals surface area contributed by atoms with Crippen molar-refractivity contribution in [3.8, 4) is 0 Å². The molecule has 0 radical (unpaired) electrons. The second-order valence-electron chi connectivity index (χ2n) is 4.44. The van der Waals surface area contributed by atoms with Crippen molar-refractivity contribution in [1.82, 2.24) is 15.1 Å². The van der Waals surface area contributed by atoms with E-state index in [1.807, 2.05) is 6.92 Å². The molecule has 104 valence electrons. The molecule has 1 N–H and O–H groups in total. The Morgan fingerprint density at radius 2 is 2.00 bits per heavy atom. The van der Waals surface area contributed by atoms with Gasteiger partial charge in [0.25, 0.3) is 0 Å². The van der Waals surface area contributed by atoms with Crippen molar-refractivity contribution in [2.75, 3.05) is 12.4 Å². The standard InChI is InChI=1S/C13H23BrClN3/c1-3-18-12(13(14)11(2)17-18)10-16-9-7-5-4-6-8-15/h16H,3-10H2,1-2H3. The predicted octanol–water partition coefficient (Wildman–Crippen LogP) is 3.86. The molecule has 0 saturated heterocycles. The SMILES string of the molecule is CCn1nc(C)c(Br)c1CNCCCCCCCl. The quantitative estimate of drug-likeness (QED) is 0.548. The lowest BCUT2D eigenvalue weighted by Gasteiger charge is -2.07. The number of unbranched alkanes of at least 4 members (excludes halogenated alkanes) is 3. The Kier molecular flexibility index (Phi) is 7.95. The van der Waals surface area contributed by atoms with E-state index in [0.29, 0.717) is 0 Å². The van der Waals surface area contributed by atoms with Crippen molar-refractivity contribution in [1.29, 1.82) is 0 Å². The molecule has 18 heavy (non-hydrogen) atoms. The van der Waals surface area contributed by atoms with E-state index in [2.05, 4.69) is 38.0 Å². The van der Waals surface area contributed by atoms with Gasteiger partial charge in [-0.2, -0.15) is 5.10 Å². The fraction of sp³-hybridized carbons (Fsp3) is 0.769. The topological polar surface area (TPSA) is 29.9 Å². The minimum absolute atomic E-state index is 0.787. The van der Waals surface area contributed by atoms with Gasteiger partial charge in [-0.3, -0.25) is 4.68 Å². The van der Waals surface area contributed by atoms with Gasteiger partial charge in [-0.15, -0.1) is 11.6 Å². The first-order valence-electron chi connectivity index (χ1n) is 6.69. The third-order valence-corrected chi connectivity index (χ3v) is 4.28. The zero-order valence-electron chi connectivity index (χ0n) is 11.3. The molecular formula is C13H23BrClN3. The van der Waals surface area contributed by atoms with Crippen LogP contribution in [0, 0.1) is 6.92 Å². The molecule has 0 saturated carbocycles. The Morgan fingerprint density at radius 1 is 1.28 bits per heavy atom. The summed E-state index contributed by atoms with van der Waals surface area (Å²) >= 11 is 9.25. The molecule has 1 rings (SSSR count). The summed E-state index contributed by atoms with van der Waals surface area (Å²) in [6.45, 7) is 7.01. The Labute approximate surface area is 123 Å². The van der Waals surface area contributed by atoms with Crippen LogP contribution in [0.5, 0.6) is 0 Å². The van der Waals surface area contributed by atoms with Gasteiger partial charge in [0.1, 0.15) is 0 Å². The van der Waals surface area contributed by atoms with Crippen LogP contribution in [0.25, 0.3) is 0 Å². The fourth-order valence-electron chi connectivity index (χ4n) is 1.94. The van der Waals surface area contributed by atoms with Crippen LogP contribution in [0.4, 0.5) is 0 Å². The molecule has 1 heterocycles. The molecule has 0 aliphatic heterocycles. The van der Waals surface area contributed by atoms with Crippen LogP contribution in [0.3, 0.4) is 0 Å². The van der Waals surface area contributed by atoms with Crippen LogP contribution < -0.4 is 5.32 Å². The fourth-order valence-corrected chi connectivity index (χ4v) is 2.56. The summed E-state index contributed by atoms with van der Waals surface area (Å²) in [5.41, 5.74) is 2.31. The van der Waals surface area contributed by atoms with Gasteiger partial charge in [-0.25, -0.2) is 0 Å². The van der Waals surface area contributed by atoms with Crippen LogP contribution in [0.15, 0.2) is 4.47 Å². The summed E-state index contributed by atoms with van der Waals surface area (Å²) < 4.78 is 3.19. The molecule has 0 aromatic carbocycles. The summed E-state index contributed by atoms with van der Waals surface area (Å²) in [5.74, 6) is 0.787. The van der Waals surface area contributed by atoms with Crippen LogP contribution >= 0.6 is 27.5 Å². The highest BCUT2D eigenvalue weighted by Gasteiger charge is 2.10. The molecule has 0 aliphatic rings. The number of alkyl halides is 1. The molecule has 1 aromatic heterocycles. The molecular weight excluding hydrogens is 314 g/mol. The van der Waals surface area contributed by atoms with Gasteiger partial charge in [0, 0.05) is 19.0 Å². The second-order valence-corrected chi connectivity index (χ2v) is 5.61. The lowest BCUT2D eigenvalue weighted by Crippen LogP contribution is -2.18. The molecule has 0 fully saturated rings. The predicted molar refractivity (Wildman–Crippen MR) is 81.2 cm³/mol. The first kappa shape index (κ1) is 16.0. The minimum atomic E-state index is 0.787. The number of aryl methyl sites for hydroxylation is 2. The van der Waals surface area contributed by atoms with E-state index in [-0.39, 0.29) is 0 Å². The number of halogens is 2. The van der Waals surface area contributed by atoms with Crippen LogP contribution in [-0.2, 0) is 13.1 Å². The van der Waals surface area contributed by atoms with E-state index in [4.69, 9.17) is 11.6 Å². The first-order chi connectivity index (χ1) is 8.70. The van der Waals surface area contributed by atoms with Crippen LogP contribution in [0.2, 0.25) is 0 Å². The molecule has 0 amide bonds. The lowest BCUT2D eigenvalue weighted by molar-refractivity contribution is 0.556. The van der Waals surface area contributed by atoms with E-state index in [1.54, 1.807) is 0 Å². The second kappa shape index (κ2) is 8.94. The van der Waals surface area contributed by atoms with Crippen molar-refractivity contribution in [3.63, 3.8) is 0 Å². The van der Waals surface area contributed by atoms with Crippen molar-refractivity contribution in [2.24, 2.45) is 0 Å². The van der Waals surface area contributed by atoms with Gasteiger partial charge in [0.2, 0.25) is 0 Å². The Hall–Kier alpha value is -0.0600. The van der Waals surface area contributed by atoms with Gasteiger partial charge in [0.15, 0.2) is 0 Å². The van der Waals surface area contributed by atoms with Gasteiger partial charge < -0.3 is 5.32 Å². The monoisotopic (exact) mass is 335 g/mol. The zero-order valence-corrected chi connectivity index (χ0v) is 13.6. The highest BCUT2D eigenvalue weighted by atomic mass is 79.9. The molecule has 0 unspecified atom stereocenters. The van der Waals surface area contributed by atoms with E-state index in [0.717, 1.165) is 42.1 Å². The number of hydrogen-bond acceptors (Lipinski definition) is 2. The third-order valence-electron chi connectivity index (χ3n) is 2.98. The van der Waals surface area contributed by atoms with Crippen molar-refractivity contribution in [2.45, 2.75) is 52.6 Å². The van der Waals surface area contributed by atoms with Gasteiger partial charge in [-0.1, -0.05) is 12.8 Å². The maximum absolute atomic E-state index is 5.64. The summed E-state index contributed by atoms with van der Waals surface area (Å²) in [6, 6.07) is 0. The Balaban J connectivity index is 2.26. The number of nitrogens with one attached hydrogen (secondary N) is 1. The molecule has 0 spiro atoms. The molecule has 3 nitrogen and oxygen atoms in total. The maximum atomic E-state index is 5.64. The van der Waals surface area contributed by atoms with Gasteiger partial charge >= 0.3 is 0 Å². The Morgan fingerprint density at radius 3 is 2.67 bits per heavy atom. The van der Waals surface area contributed by atoms with Gasteiger partial charge in [0.05, 0.1) is 15.9 Å². The van der Waals surface area contributed by atoms with Crippen molar-refractivity contribution >= 4 is 27.5 Å². The molecule has 0 atom stereocenters. The molecule has 0 bridgehead atoms. The Bertz CT molecular complexity index is 352. The van der Waals surface area contributed by atoms with Gasteiger partial charge in [-0.05, 0) is 49.2 Å². The smallest absolute Gasteiger partial charge is 0.0739 e. The minimum Gasteiger partial charge on any atom is -0.311 e. The summed E-state index contributed by atoms with van der Waals surface area (Å²) in [5, 5.41) is 7.97. The summed E-state index contributed by atoms with van der Waals surface area (Å²) in [7, 11) is 0. The molecule has 1 aromatic rings. The highest BCUT2D eigenvalue weighted by molar-refractivity contribution is 9.10. The van der Waals surface area contributed by atoms with Crippen LogP contribution in [0.1, 0.15) is 44.0 Å². The highest BCUT2D eigenvalue weighted by Crippen LogP contribution is 2.20. The summed E-state index contributed by atoms with van der Waals surface area (Å²) in [4.78, 5) is 0. The molecule has 0 aliphatic carbocycles. The van der Waals surface area contributed by atoms with E-state index >= 15 is 0 Å². The van der Waals surface area contributed by atoms with E-state index in [9.17, 15) is 0 Å². The van der Waals surface area contributed by atoms with Crippen LogP contribution in [-0.4, -0.2) is 22.2 Å². The first-order valence-corrected chi connectivity index (χ1v) is 8.01. The number of aromatic nitrogens is 2. The zero-order chi connectivity index (χ0) is 13.4. The molecule has 5 heteroatoms. The number of rotatable bonds is 9. The average Bonchev–Trinajstić information content (AvgIpc) is 2.65. The van der Waals surface area contributed by atoms with Crippen molar-refractivity contribution in [3.05, 3.63) is 15.9 Å². The average molecular weight is 337 g/mol. The normalized spacial score (nSPS) is 11.1. The largest absolute Gasteiger partial charge is 0.311 e.